The minimum Gasteiger partial charge on any atom is -0.396 e. The second kappa shape index (κ2) is 6.38. The van der Waals surface area contributed by atoms with Crippen LogP contribution in [0.5, 0.6) is 0 Å². The zero-order valence-corrected chi connectivity index (χ0v) is 11.2. The number of urea groups is 1. The summed E-state index contributed by atoms with van der Waals surface area (Å²) < 4.78 is 0. The Bertz CT molecular complexity index is 487. The van der Waals surface area contributed by atoms with E-state index in [1.54, 1.807) is 29.2 Å². The molecule has 1 saturated heterocycles. The van der Waals surface area contributed by atoms with Crippen molar-refractivity contribution in [3.63, 3.8) is 0 Å². The molecular weight excluding hydrogens is 258 g/mol. The van der Waals surface area contributed by atoms with Crippen LogP contribution in [0.4, 0.5) is 10.5 Å². The Labute approximate surface area is 117 Å². The van der Waals surface area contributed by atoms with Crippen LogP contribution < -0.4 is 11.1 Å². The molecule has 20 heavy (non-hydrogen) atoms. The molecule has 108 valence electrons. The molecule has 0 radical (unpaired) electrons. The molecular formula is C14H19N3O3. The van der Waals surface area contributed by atoms with Crippen molar-refractivity contribution in [1.29, 1.82) is 0 Å². The number of carbonyl (C=O) groups excluding carboxylic acids is 2. The maximum atomic E-state index is 12.3. The number of hydrogen-bond acceptors (Lipinski definition) is 3. The van der Waals surface area contributed by atoms with Gasteiger partial charge in [-0.25, -0.2) is 4.79 Å². The van der Waals surface area contributed by atoms with E-state index in [1.165, 1.54) is 0 Å². The van der Waals surface area contributed by atoms with E-state index in [2.05, 4.69) is 5.32 Å². The molecule has 0 spiro atoms. The number of anilines is 1. The van der Waals surface area contributed by atoms with E-state index in [9.17, 15) is 14.7 Å². The fourth-order valence-corrected chi connectivity index (χ4v) is 2.42. The third-order valence-corrected chi connectivity index (χ3v) is 3.46. The second-order valence-electron chi connectivity index (χ2n) is 5.01. The maximum absolute atomic E-state index is 12.3. The second-order valence-corrected chi connectivity index (χ2v) is 5.01. The van der Waals surface area contributed by atoms with Gasteiger partial charge in [-0.05, 0) is 43.0 Å². The van der Waals surface area contributed by atoms with Gasteiger partial charge in [0.25, 0.3) is 5.91 Å². The summed E-state index contributed by atoms with van der Waals surface area (Å²) in [7, 11) is 0. The average Bonchev–Trinajstić information content (AvgIpc) is 2.47. The van der Waals surface area contributed by atoms with E-state index in [0.29, 0.717) is 17.8 Å². The summed E-state index contributed by atoms with van der Waals surface area (Å²) >= 11 is 0. The van der Waals surface area contributed by atoms with Crippen molar-refractivity contribution in [2.75, 3.05) is 25.0 Å². The van der Waals surface area contributed by atoms with Crippen LogP contribution in [0.15, 0.2) is 24.3 Å². The van der Waals surface area contributed by atoms with E-state index >= 15 is 0 Å². The van der Waals surface area contributed by atoms with Crippen molar-refractivity contribution in [3.8, 4) is 0 Å². The molecule has 1 aliphatic rings. The van der Waals surface area contributed by atoms with Crippen molar-refractivity contribution in [2.45, 2.75) is 12.8 Å². The number of nitrogens with zero attached hydrogens (tertiary/aromatic N) is 1. The van der Waals surface area contributed by atoms with Gasteiger partial charge in [0.15, 0.2) is 0 Å². The lowest BCUT2D eigenvalue weighted by Crippen LogP contribution is -2.40. The highest BCUT2D eigenvalue weighted by Gasteiger charge is 2.23. The van der Waals surface area contributed by atoms with Crippen LogP contribution in [0.1, 0.15) is 23.2 Å². The van der Waals surface area contributed by atoms with Gasteiger partial charge in [-0.2, -0.15) is 0 Å². The first-order valence-corrected chi connectivity index (χ1v) is 6.67. The normalized spacial score (nSPS) is 18.6. The van der Waals surface area contributed by atoms with Gasteiger partial charge in [-0.1, -0.05) is 0 Å². The summed E-state index contributed by atoms with van der Waals surface area (Å²) in [5, 5.41) is 11.6. The van der Waals surface area contributed by atoms with Gasteiger partial charge in [0.05, 0.1) is 0 Å². The number of primary amides is 1. The molecule has 1 fully saturated rings. The monoisotopic (exact) mass is 277 g/mol. The number of aliphatic hydroxyl groups is 1. The number of carbonyl (C=O) groups is 2. The van der Waals surface area contributed by atoms with Gasteiger partial charge in [0.2, 0.25) is 0 Å². The predicted molar refractivity (Wildman–Crippen MR) is 75.4 cm³/mol. The number of benzene rings is 1. The van der Waals surface area contributed by atoms with Crippen LogP contribution in [0.25, 0.3) is 0 Å². The quantitative estimate of drug-likeness (QED) is 0.769. The van der Waals surface area contributed by atoms with Gasteiger partial charge in [-0.15, -0.1) is 0 Å². The lowest BCUT2D eigenvalue weighted by Gasteiger charge is -2.31. The Morgan fingerprint density at radius 3 is 2.65 bits per heavy atom. The van der Waals surface area contributed by atoms with Gasteiger partial charge < -0.3 is 21.1 Å². The molecule has 4 N–H and O–H groups in total. The molecule has 1 aromatic carbocycles. The molecule has 0 saturated carbocycles. The predicted octanol–water partition coefficient (Wildman–Crippen LogP) is 1.02. The summed E-state index contributed by atoms with van der Waals surface area (Å²) in [6.07, 6.45) is 1.88. The SMILES string of the molecule is NC(=O)Nc1ccc(C(=O)N2CCCC(CO)C2)cc1. The number of likely N-dealkylation sites (tertiary alicyclic amines) is 1. The largest absolute Gasteiger partial charge is 0.396 e. The molecule has 0 aromatic heterocycles. The van der Waals surface area contributed by atoms with Crippen molar-refractivity contribution >= 4 is 17.6 Å². The summed E-state index contributed by atoms with van der Waals surface area (Å²) in [6.45, 7) is 1.43. The van der Waals surface area contributed by atoms with Gasteiger partial charge in [0.1, 0.15) is 0 Å². The number of nitrogens with two attached hydrogens (primary N) is 1. The Morgan fingerprint density at radius 2 is 2.05 bits per heavy atom. The third kappa shape index (κ3) is 3.48. The number of hydrogen-bond donors (Lipinski definition) is 3. The highest BCUT2D eigenvalue weighted by Crippen LogP contribution is 2.19. The number of amides is 3. The van der Waals surface area contributed by atoms with Crippen LogP contribution in [0.3, 0.4) is 0 Å². The van der Waals surface area contributed by atoms with Crippen LogP contribution in [0.2, 0.25) is 0 Å². The van der Waals surface area contributed by atoms with Crippen LogP contribution in [-0.2, 0) is 0 Å². The van der Waals surface area contributed by atoms with Gasteiger partial charge >= 0.3 is 6.03 Å². The zero-order valence-electron chi connectivity index (χ0n) is 11.2. The Hall–Kier alpha value is -2.08. The molecule has 3 amide bonds. The van der Waals surface area contributed by atoms with E-state index < -0.39 is 6.03 Å². The Kier molecular flexibility index (Phi) is 4.57. The summed E-state index contributed by atoms with van der Waals surface area (Å²) in [5.74, 6) is 0.122. The fraction of sp³-hybridized carbons (Fsp3) is 0.429. The molecule has 6 nitrogen and oxygen atoms in total. The topological polar surface area (TPSA) is 95.7 Å². The third-order valence-electron chi connectivity index (χ3n) is 3.46. The molecule has 1 aromatic rings. The average molecular weight is 277 g/mol. The highest BCUT2D eigenvalue weighted by molar-refractivity contribution is 5.95. The van der Waals surface area contributed by atoms with E-state index in [4.69, 9.17) is 5.73 Å². The maximum Gasteiger partial charge on any atom is 0.316 e. The number of aliphatic hydroxyl groups excluding tert-OH is 1. The van der Waals surface area contributed by atoms with Crippen molar-refractivity contribution < 1.29 is 14.7 Å². The minimum absolute atomic E-state index is 0.0474. The fourth-order valence-electron chi connectivity index (χ4n) is 2.42. The zero-order chi connectivity index (χ0) is 14.5. The molecule has 0 aliphatic carbocycles. The number of nitrogens with one attached hydrogen (secondary N) is 1. The van der Waals surface area contributed by atoms with E-state index in [-0.39, 0.29) is 18.4 Å². The van der Waals surface area contributed by atoms with Crippen molar-refractivity contribution in [1.82, 2.24) is 4.90 Å². The number of rotatable bonds is 3. The van der Waals surface area contributed by atoms with E-state index in [0.717, 1.165) is 19.4 Å². The lowest BCUT2D eigenvalue weighted by molar-refractivity contribution is 0.0620. The molecule has 6 heteroatoms. The Balaban J connectivity index is 2.03. The molecule has 1 aliphatic heterocycles. The number of piperidine rings is 1. The molecule has 1 unspecified atom stereocenters. The van der Waals surface area contributed by atoms with Crippen LogP contribution in [0, 0.1) is 5.92 Å². The molecule has 2 rings (SSSR count). The van der Waals surface area contributed by atoms with Crippen molar-refractivity contribution in [2.24, 2.45) is 11.7 Å². The van der Waals surface area contributed by atoms with Gasteiger partial charge in [0, 0.05) is 30.9 Å². The first-order valence-electron chi connectivity index (χ1n) is 6.67. The first-order chi connectivity index (χ1) is 9.60. The summed E-state index contributed by atoms with van der Waals surface area (Å²) in [6, 6.07) is 5.98. The van der Waals surface area contributed by atoms with Crippen LogP contribution >= 0.6 is 0 Å². The molecule has 1 heterocycles. The van der Waals surface area contributed by atoms with Gasteiger partial charge in [-0.3, -0.25) is 4.79 Å². The smallest absolute Gasteiger partial charge is 0.316 e. The van der Waals surface area contributed by atoms with Crippen LogP contribution in [-0.4, -0.2) is 41.6 Å². The Morgan fingerprint density at radius 1 is 1.35 bits per heavy atom. The van der Waals surface area contributed by atoms with E-state index in [1.807, 2.05) is 0 Å². The van der Waals surface area contributed by atoms with Crippen molar-refractivity contribution in [3.05, 3.63) is 29.8 Å². The first kappa shape index (κ1) is 14.3. The molecule has 0 bridgehead atoms. The molecule has 1 atom stereocenters. The minimum atomic E-state index is -0.633. The lowest BCUT2D eigenvalue weighted by atomic mass is 9.98. The highest BCUT2D eigenvalue weighted by atomic mass is 16.3. The standard InChI is InChI=1S/C14H19N3O3/c15-14(20)16-12-5-3-11(4-6-12)13(19)17-7-1-2-10(8-17)9-18/h3-6,10,18H,1-2,7-9H2,(H3,15,16,20). The summed E-state index contributed by atoms with van der Waals surface area (Å²) in [4.78, 5) is 24.8. The summed E-state index contributed by atoms with van der Waals surface area (Å²) in [5.41, 5.74) is 6.15.